The van der Waals surface area contributed by atoms with E-state index in [4.69, 9.17) is 4.52 Å². The second kappa shape index (κ2) is 12.5. The first kappa shape index (κ1) is 23.2. The highest BCUT2D eigenvalue weighted by atomic mass is 127. The zero-order valence-corrected chi connectivity index (χ0v) is 19.1. The Morgan fingerprint density at radius 3 is 2.81 bits per heavy atom. The number of nitrogens with one attached hydrogen (secondary N) is 2. The average molecular weight is 477 g/mol. The lowest BCUT2D eigenvalue weighted by Gasteiger charge is -2.33. The lowest BCUT2D eigenvalue weighted by molar-refractivity contribution is 0.158. The Balaban J connectivity index is 0.00000338. The van der Waals surface area contributed by atoms with Crippen molar-refractivity contribution in [1.29, 1.82) is 0 Å². The van der Waals surface area contributed by atoms with Gasteiger partial charge >= 0.3 is 0 Å². The third-order valence-electron chi connectivity index (χ3n) is 4.93. The fourth-order valence-corrected chi connectivity index (χ4v) is 3.21. The minimum Gasteiger partial charge on any atom is -0.359 e. The maximum absolute atomic E-state index is 5.34. The molecule has 0 bridgehead atoms. The van der Waals surface area contributed by atoms with E-state index in [0.717, 1.165) is 36.4 Å². The monoisotopic (exact) mass is 477 g/mol. The Bertz CT molecular complexity index is 532. The first-order valence-electron chi connectivity index (χ1n) is 9.74. The third-order valence-corrected chi connectivity index (χ3v) is 4.93. The Labute approximate surface area is 175 Å². The molecule has 0 radical (unpaired) electrons. The van der Waals surface area contributed by atoms with Crippen molar-refractivity contribution < 1.29 is 4.52 Å². The molecule has 150 valence electrons. The van der Waals surface area contributed by atoms with Gasteiger partial charge < -0.3 is 20.1 Å². The van der Waals surface area contributed by atoms with Crippen molar-refractivity contribution in [3.05, 3.63) is 17.5 Å². The molecular weight excluding hydrogens is 441 g/mol. The number of guanidine groups is 1. The number of hydrogen-bond acceptors (Lipinski definition) is 4. The van der Waals surface area contributed by atoms with Crippen molar-refractivity contribution in [3.8, 4) is 0 Å². The molecule has 1 fully saturated rings. The third kappa shape index (κ3) is 7.82. The lowest BCUT2D eigenvalue weighted by atomic mass is 10.0. The molecule has 1 aromatic rings. The van der Waals surface area contributed by atoms with Crippen LogP contribution >= 0.6 is 24.0 Å². The molecule has 26 heavy (non-hydrogen) atoms. The molecule has 0 spiro atoms. The maximum atomic E-state index is 5.34. The number of likely N-dealkylation sites (tertiary alicyclic amines) is 1. The van der Waals surface area contributed by atoms with E-state index >= 15 is 0 Å². The van der Waals surface area contributed by atoms with E-state index in [9.17, 15) is 0 Å². The average Bonchev–Trinajstić information content (AvgIpc) is 3.08. The summed E-state index contributed by atoms with van der Waals surface area (Å²) in [6, 6.07) is 2.76. The standard InChI is InChI=1S/C19H35N5O.HI/c1-15(2)18-13-17(25-23-18)14-22-19(20-4)21-10-6-8-12-24-11-7-5-9-16(24)3;/h13,15-16H,5-12,14H2,1-4H3,(H2,20,21,22);1H. The van der Waals surface area contributed by atoms with Crippen LogP contribution in [-0.4, -0.2) is 48.7 Å². The van der Waals surface area contributed by atoms with Crippen molar-refractivity contribution >= 4 is 29.9 Å². The van der Waals surface area contributed by atoms with Crippen molar-refractivity contribution in [2.75, 3.05) is 26.7 Å². The Hall–Kier alpha value is -0.830. The second-order valence-corrected chi connectivity index (χ2v) is 7.31. The van der Waals surface area contributed by atoms with E-state index in [1.54, 1.807) is 7.05 Å². The van der Waals surface area contributed by atoms with Crippen molar-refractivity contribution in [2.45, 2.75) is 71.4 Å². The molecule has 2 N–H and O–H groups in total. The van der Waals surface area contributed by atoms with Crippen LogP contribution in [0.1, 0.15) is 70.2 Å². The fraction of sp³-hybridized carbons (Fsp3) is 0.789. The summed E-state index contributed by atoms with van der Waals surface area (Å²) in [4.78, 5) is 6.90. The number of halogens is 1. The van der Waals surface area contributed by atoms with Crippen LogP contribution in [0.2, 0.25) is 0 Å². The van der Waals surface area contributed by atoms with Gasteiger partial charge in [-0.15, -0.1) is 24.0 Å². The van der Waals surface area contributed by atoms with Crippen molar-refractivity contribution in [2.24, 2.45) is 4.99 Å². The summed E-state index contributed by atoms with van der Waals surface area (Å²) >= 11 is 0. The van der Waals surface area contributed by atoms with Gasteiger partial charge in [-0.1, -0.05) is 25.4 Å². The van der Waals surface area contributed by atoms with E-state index < -0.39 is 0 Å². The van der Waals surface area contributed by atoms with E-state index in [-0.39, 0.29) is 24.0 Å². The van der Waals surface area contributed by atoms with E-state index in [1.807, 2.05) is 6.07 Å². The molecule has 1 aromatic heterocycles. The molecule has 1 atom stereocenters. The van der Waals surface area contributed by atoms with Crippen LogP contribution in [0.15, 0.2) is 15.6 Å². The normalized spacial score (nSPS) is 18.7. The highest BCUT2D eigenvalue weighted by Gasteiger charge is 2.17. The molecule has 7 heteroatoms. The Morgan fingerprint density at radius 2 is 2.15 bits per heavy atom. The summed E-state index contributed by atoms with van der Waals surface area (Å²) < 4.78 is 5.34. The van der Waals surface area contributed by atoms with Crippen LogP contribution in [0.5, 0.6) is 0 Å². The predicted octanol–water partition coefficient (Wildman–Crippen LogP) is 3.74. The SMILES string of the molecule is CN=C(NCCCCN1CCCCC1C)NCc1cc(C(C)C)no1.I. The number of nitrogens with zero attached hydrogens (tertiary/aromatic N) is 3. The summed E-state index contributed by atoms with van der Waals surface area (Å²) in [6.45, 7) is 10.6. The summed E-state index contributed by atoms with van der Waals surface area (Å²) in [5.74, 6) is 2.04. The van der Waals surface area contributed by atoms with Crippen LogP contribution in [0.4, 0.5) is 0 Å². The number of aromatic nitrogens is 1. The Morgan fingerprint density at radius 1 is 1.35 bits per heavy atom. The molecule has 0 amide bonds. The van der Waals surface area contributed by atoms with Gasteiger partial charge in [-0.05, 0) is 51.6 Å². The second-order valence-electron chi connectivity index (χ2n) is 7.31. The molecule has 1 unspecified atom stereocenters. The molecule has 1 aliphatic rings. The van der Waals surface area contributed by atoms with Crippen LogP contribution in [0, 0.1) is 0 Å². The molecule has 1 saturated heterocycles. The topological polar surface area (TPSA) is 65.7 Å². The highest BCUT2D eigenvalue weighted by molar-refractivity contribution is 14.0. The van der Waals surface area contributed by atoms with Gasteiger partial charge in [0.1, 0.15) is 0 Å². The summed E-state index contributed by atoms with van der Waals surface area (Å²) in [7, 11) is 1.80. The largest absolute Gasteiger partial charge is 0.359 e. The van der Waals surface area contributed by atoms with Gasteiger partial charge in [0.15, 0.2) is 11.7 Å². The molecule has 0 aromatic carbocycles. The molecular formula is C19H36IN5O. The predicted molar refractivity (Wildman–Crippen MR) is 118 cm³/mol. The van der Waals surface area contributed by atoms with Crippen LogP contribution in [-0.2, 0) is 6.54 Å². The number of rotatable bonds is 8. The van der Waals surface area contributed by atoms with Crippen LogP contribution < -0.4 is 10.6 Å². The molecule has 1 aliphatic heterocycles. The number of aliphatic imine (C=N–C) groups is 1. The summed E-state index contributed by atoms with van der Waals surface area (Å²) in [5.41, 5.74) is 0.992. The van der Waals surface area contributed by atoms with E-state index in [0.29, 0.717) is 12.5 Å². The van der Waals surface area contributed by atoms with Crippen molar-refractivity contribution in [1.82, 2.24) is 20.7 Å². The zero-order chi connectivity index (χ0) is 18.1. The van der Waals surface area contributed by atoms with Gasteiger partial charge in [-0.3, -0.25) is 4.99 Å². The Kier molecular flexibility index (Phi) is 11.2. The molecule has 2 rings (SSSR count). The summed E-state index contributed by atoms with van der Waals surface area (Å²) in [5, 5.41) is 10.7. The van der Waals surface area contributed by atoms with Gasteiger partial charge in [0.05, 0.1) is 12.2 Å². The van der Waals surface area contributed by atoms with Crippen molar-refractivity contribution in [3.63, 3.8) is 0 Å². The smallest absolute Gasteiger partial charge is 0.191 e. The van der Waals surface area contributed by atoms with E-state index in [2.05, 4.69) is 46.5 Å². The van der Waals surface area contributed by atoms with Gasteiger partial charge in [-0.2, -0.15) is 0 Å². The summed E-state index contributed by atoms with van der Waals surface area (Å²) in [6.07, 6.45) is 6.50. The molecule has 6 nitrogen and oxygen atoms in total. The van der Waals surface area contributed by atoms with Crippen LogP contribution in [0.25, 0.3) is 0 Å². The van der Waals surface area contributed by atoms with Crippen LogP contribution in [0.3, 0.4) is 0 Å². The minimum atomic E-state index is 0. The number of hydrogen-bond donors (Lipinski definition) is 2. The van der Waals surface area contributed by atoms with E-state index in [1.165, 1.54) is 38.8 Å². The van der Waals surface area contributed by atoms with Gasteiger partial charge in [-0.25, -0.2) is 0 Å². The van der Waals surface area contributed by atoms with Gasteiger partial charge in [0.2, 0.25) is 0 Å². The quantitative estimate of drug-likeness (QED) is 0.259. The molecule has 0 saturated carbocycles. The first-order chi connectivity index (χ1) is 12.1. The first-order valence-corrected chi connectivity index (χ1v) is 9.74. The minimum absolute atomic E-state index is 0. The fourth-order valence-electron chi connectivity index (χ4n) is 3.21. The number of piperidine rings is 1. The molecule has 2 heterocycles. The number of unbranched alkanes of at least 4 members (excludes halogenated alkanes) is 1. The zero-order valence-electron chi connectivity index (χ0n) is 16.8. The molecule has 0 aliphatic carbocycles. The lowest BCUT2D eigenvalue weighted by Crippen LogP contribution is -2.39. The maximum Gasteiger partial charge on any atom is 0.191 e. The van der Waals surface area contributed by atoms with Gasteiger partial charge in [0, 0.05) is 25.7 Å². The van der Waals surface area contributed by atoms with Gasteiger partial charge in [0.25, 0.3) is 0 Å². The highest BCUT2D eigenvalue weighted by Crippen LogP contribution is 2.16.